The number of aryl methyl sites for hydroxylation is 1. The number of para-hydroxylation sites is 2. The van der Waals surface area contributed by atoms with E-state index in [4.69, 9.17) is 4.99 Å². The third-order valence-electron chi connectivity index (χ3n) is 4.31. The van der Waals surface area contributed by atoms with Crippen LogP contribution in [0.25, 0.3) is 16.6 Å². The highest BCUT2D eigenvalue weighted by molar-refractivity contribution is 7.05. The number of aromatic nitrogens is 1. The van der Waals surface area contributed by atoms with Gasteiger partial charge in [0.05, 0.1) is 16.9 Å². The normalized spacial score (nSPS) is 12.0. The molecule has 0 aliphatic carbocycles. The van der Waals surface area contributed by atoms with E-state index in [1.165, 1.54) is 27.7 Å². The van der Waals surface area contributed by atoms with E-state index in [0.717, 1.165) is 10.4 Å². The summed E-state index contributed by atoms with van der Waals surface area (Å²) in [6.07, 6.45) is 0. The summed E-state index contributed by atoms with van der Waals surface area (Å²) < 4.78 is 3.33. The van der Waals surface area contributed by atoms with Crippen molar-refractivity contribution in [1.82, 2.24) is 3.96 Å². The lowest BCUT2D eigenvalue weighted by Crippen LogP contribution is -1.95. The van der Waals surface area contributed by atoms with Gasteiger partial charge in [0.1, 0.15) is 4.67 Å². The van der Waals surface area contributed by atoms with Gasteiger partial charge in [0.2, 0.25) is 0 Å². The molecule has 1 aromatic heterocycles. The lowest BCUT2D eigenvalue weighted by Gasteiger charge is -2.09. The molecule has 4 aromatic rings. The van der Waals surface area contributed by atoms with Gasteiger partial charge in [-0.15, -0.1) is 0 Å². The number of rotatable bonds is 2. The first-order valence-electron chi connectivity index (χ1n) is 8.01. The molecule has 0 fully saturated rings. The van der Waals surface area contributed by atoms with E-state index in [-0.39, 0.29) is 0 Å². The minimum absolute atomic E-state index is 0.984. The summed E-state index contributed by atoms with van der Waals surface area (Å²) in [7, 11) is 0. The number of benzene rings is 3. The first-order chi connectivity index (χ1) is 11.7. The van der Waals surface area contributed by atoms with Gasteiger partial charge in [0.25, 0.3) is 0 Å². The van der Waals surface area contributed by atoms with Crippen molar-refractivity contribution in [2.75, 3.05) is 0 Å². The monoisotopic (exact) mass is 330 g/mol. The van der Waals surface area contributed by atoms with E-state index in [0.29, 0.717) is 0 Å². The van der Waals surface area contributed by atoms with Crippen molar-refractivity contribution in [1.29, 1.82) is 0 Å². The zero-order chi connectivity index (χ0) is 16.5. The summed E-state index contributed by atoms with van der Waals surface area (Å²) in [5.41, 5.74) is 6.02. The number of nitrogens with zero attached hydrogens (tertiary/aromatic N) is 2. The Morgan fingerprint density at radius 2 is 1.54 bits per heavy atom. The Labute approximate surface area is 145 Å². The second-order valence-electron chi connectivity index (χ2n) is 5.87. The molecule has 0 saturated heterocycles. The fourth-order valence-corrected chi connectivity index (χ4v) is 4.00. The third kappa shape index (κ3) is 2.57. The Balaban J connectivity index is 2.02. The van der Waals surface area contributed by atoms with E-state index < -0.39 is 0 Å². The van der Waals surface area contributed by atoms with Crippen molar-refractivity contribution in [3.8, 4) is 5.69 Å². The first kappa shape index (κ1) is 14.9. The number of hydrogen-bond acceptors (Lipinski definition) is 2. The van der Waals surface area contributed by atoms with E-state index in [9.17, 15) is 0 Å². The van der Waals surface area contributed by atoms with Gasteiger partial charge in [-0.1, -0.05) is 42.5 Å². The summed E-state index contributed by atoms with van der Waals surface area (Å²) in [5.74, 6) is 0. The van der Waals surface area contributed by atoms with E-state index in [1.54, 1.807) is 11.5 Å². The maximum Gasteiger partial charge on any atom is 0.143 e. The Hall–Kier alpha value is -2.65. The molecular formula is C21H18N2S. The molecule has 1 heterocycles. The van der Waals surface area contributed by atoms with Crippen LogP contribution in [0.1, 0.15) is 11.1 Å². The molecule has 118 valence electrons. The SMILES string of the molecule is Cc1cccc(-n2sc(=Nc3ccccc3)c3ccccc32)c1C. The second kappa shape index (κ2) is 6.10. The summed E-state index contributed by atoms with van der Waals surface area (Å²) >= 11 is 1.69. The van der Waals surface area contributed by atoms with Gasteiger partial charge < -0.3 is 0 Å². The van der Waals surface area contributed by atoms with Gasteiger partial charge in [-0.3, -0.25) is 3.96 Å². The van der Waals surface area contributed by atoms with Gasteiger partial charge in [0.15, 0.2) is 0 Å². The molecule has 24 heavy (non-hydrogen) atoms. The standard InChI is InChI=1S/C21H18N2S/c1-15-9-8-14-19(16(15)2)23-20-13-7-6-12-18(20)21(24-23)22-17-10-4-3-5-11-17/h3-14H,1-2H3. The lowest BCUT2D eigenvalue weighted by molar-refractivity contribution is 1.19. The highest BCUT2D eigenvalue weighted by Crippen LogP contribution is 2.25. The van der Waals surface area contributed by atoms with Crippen LogP contribution in [0.4, 0.5) is 5.69 Å². The molecule has 0 aliphatic rings. The fourth-order valence-electron chi connectivity index (χ4n) is 2.85. The zero-order valence-electron chi connectivity index (χ0n) is 13.7. The van der Waals surface area contributed by atoms with Gasteiger partial charge in [-0.05, 0) is 66.8 Å². The van der Waals surface area contributed by atoms with Crippen LogP contribution in [0.2, 0.25) is 0 Å². The van der Waals surface area contributed by atoms with E-state index in [1.807, 2.05) is 30.3 Å². The Kier molecular flexibility index (Phi) is 3.79. The summed E-state index contributed by atoms with van der Waals surface area (Å²) in [6, 6.07) is 25.1. The van der Waals surface area contributed by atoms with Crippen LogP contribution in [0.15, 0.2) is 77.8 Å². The van der Waals surface area contributed by atoms with Gasteiger partial charge in [-0.2, -0.15) is 0 Å². The van der Waals surface area contributed by atoms with Crippen molar-refractivity contribution in [3.05, 3.63) is 88.6 Å². The predicted molar refractivity (Wildman–Crippen MR) is 102 cm³/mol. The largest absolute Gasteiger partial charge is 0.264 e. The van der Waals surface area contributed by atoms with Gasteiger partial charge in [-0.25, -0.2) is 4.99 Å². The van der Waals surface area contributed by atoms with Crippen molar-refractivity contribution >= 4 is 28.1 Å². The van der Waals surface area contributed by atoms with Crippen LogP contribution in [0, 0.1) is 13.8 Å². The summed E-state index contributed by atoms with van der Waals surface area (Å²) in [5, 5.41) is 1.19. The topological polar surface area (TPSA) is 17.3 Å². The number of hydrogen-bond donors (Lipinski definition) is 0. The first-order valence-corrected chi connectivity index (χ1v) is 8.79. The predicted octanol–water partition coefficient (Wildman–Crippen LogP) is 5.54. The van der Waals surface area contributed by atoms with Crippen LogP contribution in [0.3, 0.4) is 0 Å². The smallest absolute Gasteiger partial charge is 0.143 e. The average Bonchev–Trinajstić information content (AvgIpc) is 2.97. The minimum atomic E-state index is 0.984. The molecule has 2 nitrogen and oxygen atoms in total. The Bertz CT molecular complexity index is 1070. The molecule has 0 atom stereocenters. The maximum atomic E-state index is 4.87. The highest BCUT2D eigenvalue weighted by Gasteiger charge is 2.10. The average molecular weight is 330 g/mol. The zero-order valence-corrected chi connectivity index (χ0v) is 14.5. The van der Waals surface area contributed by atoms with Crippen LogP contribution in [0.5, 0.6) is 0 Å². The third-order valence-corrected chi connectivity index (χ3v) is 5.37. The molecule has 3 aromatic carbocycles. The van der Waals surface area contributed by atoms with Crippen LogP contribution >= 0.6 is 11.5 Å². The summed E-state index contributed by atoms with van der Waals surface area (Å²) in [4.78, 5) is 4.87. The molecular weight excluding hydrogens is 312 g/mol. The molecule has 4 rings (SSSR count). The van der Waals surface area contributed by atoms with Crippen molar-refractivity contribution in [2.24, 2.45) is 4.99 Å². The van der Waals surface area contributed by atoms with Crippen molar-refractivity contribution in [3.63, 3.8) is 0 Å². The number of fused-ring (bicyclic) bond motifs is 1. The molecule has 3 heteroatoms. The molecule has 0 unspecified atom stereocenters. The van der Waals surface area contributed by atoms with Crippen LogP contribution in [-0.4, -0.2) is 3.96 Å². The fraction of sp³-hybridized carbons (Fsp3) is 0.0952. The molecule has 0 amide bonds. The van der Waals surface area contributed by atoms with Crippen LogP contribution in [-0.2, 0) is 0 Å². The Morgan fingerprint density at radius 1 is 0.792 bits per heavy atom. The van der Waals surface area contributed by atoms with Gasteiger partial charge in [0, 0.05) is 5.39 Å². The maximum absolute atomic E-state index is 4.87. The van der Waals surface area contributed by atoms with Crippen LogP contribution < -0.4 is 4.67 Å². The molecule has 0 aliphatic heterocycles. The Morgan fingerprint density at radius 3 is 2.38 bits per heavy atom. The quantitative estimate of drug-likeness (QED) is 0.459. The highest BCUT2D eigenvalue weighted by atomic mass is 32.1. The van der Waals surface area contributed by atoms with E-state index in [2.05, 4.69) is 60.3 Å². The lowest BCUT2D eigenvalue weighted by atomic mass is 10.1. The second-order valence-corrected chi connectivity index (χ2v) is 6.81. The summed E-state index contributed by atoms with van der Waals surface area (Å²) in [6.45, 7) is 4.34. The van der Waals surface area contributed by atoms with Crippen molar-refractivity contribution in [2.45, 2.75) is 13.8 Å². The van der Waals surface area contributed by atoms with Gasteiger partial charge >= 0.3 is 0 Å². The molecule has 0 bridgehead atoms. The molecule has 0 spiro atoms. The molecule has 0 saturated carbocycles. The molecule has 0 N–H and O–H groups in total. The minimum Gasteiger partial charge on any atom is -0.264 e. The van der Waals surface area contributed by atoms with Crippen molar-refractivity contribution < 1.29 is 0 Å². The molecule has 0 radical (unpaired) electrons. The van der Waals surface area contributed by atoms with E-state index >= 15 is 0 Å².